The van der Waals surface area contributed by atoms with Crippen LogP contribution >= 0.6 is 12.4 Å². The van der Waals surface area contributed by atoms with E-state index in [1.54, 1.807) is 12.1 Å². The quantitative estimate of drug-likeness (QED) is 0.518. The van der Waals surface area contributed by atoms with Crippen LogP contribution in [0.4, 0.5) is 19.0 Å². The molecular formula is C23H28ClF3N6O2. The number of nitrogens with zero attached hydrogens (tertiary/aromatic N) is 6. The first kappa shape index (κ1) is 25.5. The van der Waals surface area contributed by atoms with Crippen molar-refractivity contribution in [3.8, 4) is 17.1 Å². The van der Waals surface area contributed by atoms with E-state index in [1.807, 2.05) is 11.5 Å². The highest BCUT2D eigenvalue weighted by Gasteiger charge is 2.34. The summed E-state index contributed by atoms with van der Waals surface area (Å²) in [5, 5.41) is 0. The van der Waals surface area contributed by atoms with Crippen molar-refractivity contribution in [2.75, 3.05) is 51.3 Å². The third-order valence-electron chi connectivity index (χ3n) is 6.35. The Labute approximate surface area is 207 Å². The van der Waals surface area contributed by atoms with Gasteiger partial charge >= 0.3 is 6.36 Å². The number of rotatable bonds is 4. The molecule has 8 nitrogen and oxygen atoms in total. The van der Waals surface area contributed by atoms with Crippen molar-refractivity contribution in [1.29, 1.82) is 0 Å². The summed E-state index contributed by atoms with van der Waals surface area (Å²) >= 11 is 0. The second kappa shape index (κ2) is 10.2. The van der Waals surface area contributed by atoms with Crippen LogP contribution in [0.15, 0.2) is 24.3 Å². The van der Waals surface area contributed by atoms with Gasteiger partial charge in [0.15, 0.2) is 17.0 Å². The first-order chi connectivity index (χ1) is 16.3. The number of hydrogen-bond acceptors (Lipinski definition) is 7. The summed E-state index contributed by atoms with van der Waals surface area (Å²) in [5.41, 5.74) is 1.50. The fraction of sp³-hybridized carbons (Fsp3) is 0.522. The maximum absolute atomic E-state index is 13.2. The van der Waals surface area contributed by atoms with Crippen LogP contribution in [0.25, 0.3) is 22.6 Å². The number of fused-ring (bicyclic) bond motifs is 1. The fourth-order valence-electron chi connectivity index (χ4n) is 4.65. The summed E-state index contributed by atoms with van der Waals surface area (Å²) in [5.74, 6) is 1.43. The first-order valence-corrected chi connectivity index (χ1v) is 11.4. The zero-order valence-corrected chi connectivity index (χ0v) is 20.4. The number of aryl methyl sites for hydroxylation is 1. The molecule has 4 heterocycles. The van der Waals surface area contributed by atoms with Crippen LogP contribution in [0, 0.1) is 6.92 Å². The van der Waals surface area contributed by atoms with Crippen molar-refractivity contribution in [3.05, 3.63) is 30.1 Å². The number of benzene rings is 1. The summed E-state index contributed by atoms with van der Waals surface area (Å²) in [6.45, 7) is 6.33. The number of alkyl halides is 3. The molecule has 0 radical (unpaired) electrons. The lowest BCUT2D eigenvalue weighted by Crippen LogP contribution is -2.45. The van der Waals surface area contributed by atoms with Gasteiger partial charge in [-0.3, -0.25) is 0 Å². The number of hydrogen-bond donors (Lipinski definition) is 0. The van der Waals surface area contributed by atoms with Gasteiger partial charge in [-0.15, -0.1) is 25.6 Å². The highest BCUT2D eigenvalue weighted by molar-refractivity contribution is 5.88. The van der Waals surface area contributed by atoms with Crippen LogP contribution in [-0.2, 0) is 4.74 Å². The van der Waals surface area contributed by atoms with Gasteiger partial charge in [0.05, 0.1) is 5.56 Å². The Kier molecular flexibility index (Phi) is 7.39. The van der Waals surface area contributed by atoms with E-state index in [2.05, 4.69) is 21.6 Å². The van der Waals surface area contributed by atoms with Gasteiger partial charge in [0.1, 0.15) is 17.4 Å². The molecular weight excluding hydrogens is 485 g/mol. The molecule has 0 atom stereocenters. The molecule has 12 heteroatoms. The molecule has 190 valence electrons. The molecule has 35 heavy (non-hydrogen) atoms. The number of likely N-dealkylation sites (N-methyl/N-ethyl adjacent to an activating group) is 1. The molecule has 0 amide bonds. The van der Waals surface area contributed by atoms with Gasteiger partial charge in [-0.25, -0.2) is 15.0 Å². The molecule has 5 rings (SSSR count). The van der Waals surface area contributed by atoms with Gasteiger partial charge in [-0.1, -0.05) is 12.1 Å². The van der Waals surface area contributed by atoms with Crippen molar-refractivity contribution < 1.29 is 22.6 Å². The topological polar surface area (TPSA) is 68.5 Å². The summed E-state index contributed by atoms with van der Waals surface area (Å²) in [6.07, 6.45) is -3.38. The summed E-state index contributed by atoms with van der Waals surface area (Å²) in [7, 11) is 2.08. The Bertz CT molecular complexity index is 1170. The average molecular weight is 513 g/mol. The molecule has 0 N–H and O–H groups in total. The van der Waals surface area contributed by atoms with Crippen LogP contribution in [0.1, 0.15) is 24.7 Å². The lowest BCUT2D eigenvalue weighted by atomic mass is 10.1. The van der Waals surface area contributed by atoms with Gasteiger partial charge in [0.25, 0.3) is 0 Å². The van der Waals surface area contributed by atoms with E-state index in [0.717, 1.165) is 32.0 Å². The maximum atomic E-state index is 13.2. The van der Waals surface area contributed by atoms with Crippen molar-refractivity contribution >= 4 is 29.4 Å². The third kappa shape index (κ3) is 5.31. The number of para-hydroxylation sites is 1. The molecule has 0 spiro atoms. The van der Waals surface area contributed by atoms with Crippen LogP contribution in [0.3, 0.4) is 0 Å². The van der Waals surface area contributed by atoms with Crippen molar-refractivity contribution in [2.24, 2.45) is 0 Å². The fourth-order valence-corrected chi connectivity index (χ4v) is 4.65. The molecule has 2 aliphatic heterocycles. The minimum atomic E-state index is -4.81. The van der Waals surface area contributed by atoms with Crippen molar-refractivity contribution in [2.45, 2.75) is 32.2 Å². The van der Waals surface area contributed by atoms with E-state index in [9.17, 15) is 13.2 Å². The second-order valence-electron chi connectivity index (χ2n) is 8.75. The Hall–Kier alpha value is -2.63. The van der Waals surface area contributed by atoms with E-state index in [-0.39, 0.29) is 29.8 Å². The number of aromatic nitrogens is 4. The van der Waals surface area contributed by atoms with Gasteiger partial charge in [-0.05, 0) is 38.9 Å². The van der Waals surface area contributed by atoms with Crippen molar-refractivity contribution in [3.63, 3.8) is 0 Å². The lowest BCUT2D eigenvalue weighted by molar-refractivity contribution is -0.274. The predicted molar refractivity (Wildman–Crippen MR) is 128 cm³/mol. The summed E-state index contributed by atoms with van der Waals surface area (Å²) in [4.78, 5) is 18.7. The van der Waals surface area contributed by atoms with E-state index in [1.165, 1.54) is 12.1 Å². The molecule has 0 unspecified atom stereocenters. The summed E-state index contributed by atoms with van der Waals surface area (Å²) in [6, 6.07) is 6.11. The lowest BCUT2D eigenvalue weighted by Gasteiger charge is -2.33. The molecule has 0 bridgehead atoms. The molecule has 2 saturated heterocycles. The van der Waals surface area contributed by atoms with Gasteiger partial charge < -0.3 is 23.8 Å². The predicted octanol–water partition coefficient (Wildman–Crippen LogP) is 4.23. The number of imidazole rings is 1. The van der Waals surface area contributed by atoms with Crippen molar-refractivity contribution in [1.82, 2.24) is 24.4 Å². The van der Waals surface area contributed by atoms with Crippen LogP contribution in [0.2, 0.25) is 0 Å². The standard InChI is InChI=1S/C23H27F3N6O2.ClH/c1-15-27-21(31-11-9-30(2)10-12-31)19-22(28-15)32(16-7-13-33-14-8-16)20(29-19)17-5-3-4-6-18(17)34-23(24,25)26;/h3-6,16H,7-14H2,1-2H3;1H. The Morgan fingerprint density at radius 3 is 2.37 bits per heavy atom. The number of anilines is 1. The smallest absolute Gasteiger partial charge is 0.405 e. The average Bonchev–Trinajstić information content (AvgIpc) is 3.18. The minimum Gasteiger partial charge on any atom is -0.405 e. The number of ether oxygens (including phenoxy) is 2. The molecule has 2 fully saturated rings. The van der Waals surface area contributed by atoms with E-state index >= 15 is 0 Å². The highest BCUT2D eigenvalue weighted by Crippen LogP contribution is 2.39. The van der Waals surface area contributed by atoms with E-state index in [0.29, 0.717) is 48.9 Å². The first-order valence-electron chi connectivity index (χ1n) is 11.4. The SMILES string of the molecule is Cc1nc(N2CCN(C)CC2)c2nc(-c3ccccc3OC(F)(F)F)n(C3CCOCC3)c2n1.Cl. The highest BCUT2D eigenvalue weighted by atomic mass is 35.5. The monoisotopic (exact) mass is 512 g/mol. The minimum absolute atomic E-state index is 0. The second-order valence-corrected chi connectivity index (χ2v) is 8.75. The van der Waals surface area contributed by atoms with E-state index in [4.69, 9.17) is 19.7 Å². The molecule has 0 saturated carbocycles. The number of piperazine rings is 1. The molecule has 3 aromatic rings. The van der Waals surface area contributed by atoms with Crippen LogP contribution < -0.4 is 9.64 Å². The van der Waals surface area contributed by atoms with Gasteiger partial charge in [0.2, 0.25) is 0 Å². The van der Waals surface area contributed by atoms with Crippen LogP contribution in [-0.4, -0.2) is 77.2 Å². The van der Waals surface area contributed by atoms with Gasteiger partial charge in [-0.2, -0.15) is 0 Å². The zero-order valence-electron chi connectivity index (χ0n) is 19.6. The normalized spacial score (nSPS) is 18.0. The van der Waals surface area contributed by atoms with Gasteiger partial charge in [0, 0.05) is 45.4 Å². The van der Waals surface area contributed by atoms with E-state index < -0.39 is 6.36 Å². The molecule has 0 aliphatic carbocycles. The summed E-state index contributed by atoms with van der Waals surface area (Å²) < 4.78 is 51.5. The maximum Gasteiger partial charge on any atom is 0.573 e. The molecule has 2 aliphatic rings. The Balaban J connectivity index is 0.00000289. The molecule has 2 aromatic heterocycles. The molecule has 1 aromatic carbocycles. The van der Waals surface area contributed by atoms with Crippen LogP contribution in [0.5, 0.6) is 5.75 Å². The third-order valence-corrected chi connectivity index (χ3v) is 6.35. The number of halogens is 4. The zero-order chi connectivity index (χ0) is 23.9. The Morgan fingerprint density at radius 2 is 1.69 bits per heavy atom. The largest absolute Gasteiger partial charge is 0.573 e. The Morgan fingerprint density at radius 1 is 1.00 bits per heavy atom.